The summed E-state index contributed by atoms with van der Waals surface area (Å²) >= 11 is 0. The number of hydrogen-bond donors (Lipinski definition) is 2. The number of rotatable bonds is 8. The third kappa shape index (κ3) is 4.48. The predicted molar refractivity (Wildman–Crippen MR) is 104 cm³/mol. The minimum absolute atomic E-state index is 0.00304. The highest BCUT2D eigenvalue weighted by Gasteiger charge is 2.29. The number of nitrogens with one attached hydrogen (secondary N) is 1. The zero-order chi connectivity index (χ0) is 19.2. The van der Waals surface area contributed by atoms with Gasteiger partial charge in [-0.2, -0.15) is 0 Å². The van der Waals surface area contributed by atoms with Crippen LogP contribution in [0.3, 0.4) is 0 Å². The first kappa shape index (κ1) is 19.0. The molecular weight excluding hydrogens is 342 g/mol. The molecule has 0 aromatic heterocycles. The van der Waals surface area contributed by atoms with Crippen molar-refractivity contribution < 1.29 is 19.4 Å². The maximum atomic E-state index is 12.3. The number of carboxylic acid groups (broad SMARTS) is 1. The number of fused-ring (bicyclic) bond motifs is 3. The van der Waals surface area contributed by atoms with Crippen LogP contribution in [-0.4, -0.2) is 29.8 Å². The zero-order valence-corrected chi connectivity index (χ0v) is 15.5. The van der Waals surface area contributed by atoms with Crippen molar-refractivity contribution in [2.75, 3.05) is 6.61 Å². The maximum Gasteiger partial charge on any atom is 0.407 e. The summed E-state index contributed by atoms with van der Waals surface area (Å²) in [5.41, 5.74) is 4.65. The van der Waals surface area contributed by atoms with Gasteiger partial charge < -0.3 is 15.2 Å². The monoisotopic (exact) mass is 367 g/mol. The molecule has 1 atom stereocenters. The van der Waals surface area contributed by atoms with Crippen LogP contribution in [0, 0.1) is 0 Å². The summed E-state index contributed by atoms with van der Waals surface area (Å²) in [4.78, 5) is 23.3. The smallest absolute Gasteiger partial charge is 0.407 e. The van der Waals surface area contributed by atoms with Gasteiger partial charge in [-0.15, -0.1) is 0 Å². The SMILES string of the molecule is CCCC[C@H](CC(=O)O)NC(=O)OCC1c2ccccc2-c2ccccc21. The van der Waals surface area contributed by atoms with Crippen LogP contribution in [0.1, 0.15) is 49.7 Å². The quantitative estimate of drug-likeness (QED) is 0.717. The molecule has 0 aliphatic heterocycles. The number of unbranched alkanes of at least 4 members (excludes halogenated alkanes) is 1. The van der Waals surface area contributed by atoms with Gasteiger partial charge in [0.2, 0.25) is 0 Å². The Balaban J connectivity index is 1.65. The summed E-state index contributed by atoms with van der Waals surface area (Å²) in [6, 6.07) is 15.9. The van der Waals surface area contributed by atoms with Gasteiger partial charge in [0, 0.05) is 12.0 Å². The lowest BCUT2D eigenvalue weighted by atomic mass is 9.98. The van der Waals surface area contributed by atoms with Gasteiger partial charge in [0.15, 0.2) is 0 Å². The van der Waals surface area contributed by atoms with E-state index in [0.29, 0.717) is 6.42 Å². The standard InChI is InChI=1S/C22H25NO4/c1-2-3-8-15(13-21(24)25)23-22(26)27-14-20-18-11-6-4-9-16(18)17-10-5-7-12-19(17)20/h4-7,9-12,15,20H,2-3,8,13-14H2,1H3,(H,23,26)(H,24,25)/t15-/m1/s1. The van der Waals surface area contributed by atoms with Crippen molar-refractivity contribution in [2.24, 2.45) is 0 Å². The molecule has 0 radical (unpaired) electrons. The van der Waals surface area contributed by atoms with Crippen LogP contribution >= 0.6 is 0 Å². The number of amides is 1. The van der Waals surface area contributed by atoms with Crippen molar-refractivity contribution in [3.63, 3.8) is 0 Å². The molecule has 1 aliphatic carbocycles. The predicted octanol–water partition coefficient (Wildman–Crippen LogP) is 4.56. The van der Waals surface area contributed by atoms with E-state index in [9.17, 15) is 9.59 Å². The lowest BCUT2D eigenvalue weighted by molar-refractivity contribution is -0.137. The molecule has 2 aromatic rings. The van der Waals surface area contributed by atoms with E-state index in [1.165, 1.54) is 11.1 Å². The molecule has 0 heterocycles. The van der Waals surface area contributed by atoms with Crippen molar-refractivity contribution in [1.29, 1.82) is 0 Å². The molecule has 1 aliphatic rings. The molecule has 2 aromatic carbocycles. The molecule has 5 heteroatoms. The Morgan fingerprint density at radius 1 is 1.07 bits per heavy atom. The maximum absolute atomic E-state index is 12.3. The summed E-state index contributed by atoms with van der Waals surface area (Å²) in [6.07, 6.45) is 1.79. The lowest BCUT2D eigenvalue weighted by Gasteiger charge is -2.18. The molecule has 27 heavy (non-hydrogen) atoms. The van der Waals surface area contributed by atoms with E-state index in [0.717, 1.165) is 24.0 Å². The van der Waals surface area contributed by atoms with Crippen molar-refractivity contribution in [3.05, 3.63) is 59.7 Å². The average molecular weight is 367 g/mol. The molecule has 0 saturated heterocycles. The second-order valence-corrected chi connectivity index (χ2v) is 6.91. The minimum atomic E-state index is -0.921. The summed E-state index contributed by atoms with van der Waals surface area (Å²) < 4.78 is 5.49. The third-order valence-corrected chi connectivity index (χ3v) is 4.99. The fraction of sp³-hybridized carbons (Fsp3) is 0.364. The van der Waals surface area contributed by atoms with Gasteiger partial charge in [0.05, 0.1) is 6.42 Å². The molecule has 0 bridgehead atoms. The highest BCUT2D eigenvalue weighted by molar-refractivity contribution is 5.79. The van der Waals surface area contributed by atoms with Crippen molar-refractivity contribution in [1.82, 2.24) is 5.32 Å². The van der Waals surface area contributed by atoms with E-state index in [2.05, 4.69) is 29.6 Å². The van der Waals surface area contributed by atoms with Crippen LogP contribution < -0.4 is 5.32 Å². The first-order valence-electron chi connectivity index (χ1n) is 9.43. The van der Waals surface area contributed by atoms with Crippen LogP contribution in [0.2, 0.25) is 0 Å². The summed E-state index contributed by atoms with van der Waals surface area (Å²) in [7, 11) is 0. The highest BCUT2D eigenvalue weighted by Crippen LogP contribution is 2.44. The van der Waals surface area contributed by atoms with E-state index in [1.807, 2.05) is 31.2 Å². The molecule has 5 nitrogen and oxygen atoms in total. The first-order valence-corrected chi connectivity index (χ1v) is 9.43. The van der Waals surface area contributed by atoms with Gasteiger partial charge >= 0.3 is 12.1 Å². The number of aliphatic carboxylic acids is 1. The molecule has 0 spiro atoms. The Labute approximate surface area is 159 Å². The van der Waals surface area contributed by atoms with Gasteiger partial charge in [-0.3, -0.25) is 4.79 Å². The Hall–Kier alpha value is -2.82. The number of carbonyl (C=O) groups excluding carboxylic acids is 1. The lowest BCUT2D eigenvalue weighted by Crippen LogP contribution is -2.37. The molecular formula is C22H25NO4. The fourth-order valence-electron chi connectivity index (χ4n) is 3.69. The molecule has 3 rings (SSSR count). The van der Waals surface area contributed by atoms with Gasteiger partial charge in [0.1, 0.15) is 6.61 Å². The molecule has 142 valence electrons. The number of alkyl carbamates (subject to hydrolysis) is 1. The largest absolute Gasteiger partial charge is 0.481 e. The number of carboxylic acids is 1. The fourth-order valence-corrected chi connectivity index (χ4v) is 3.69. The average Bonchev–Trinajstić information content (AvgIpc) is 2.98. The number of benzene rings is 2. The second kappa shape index (κ2) is 8.71. The minimum Gasteiger partial charge on any atom is -0.481 e. The summed E-state index contributed by atoms with van der Waals surface area (Å²) in [5, 5.41) is 11.7. The first-order chi connectivity index (χ1) is 13.1. The van der Waals surface area contributed by atoms with Crippen LogP contribution in [0.4, 0.5) is 4.79 Å². The normalized spacial score (nSPS) is 13.5. The van der Waals surface area contributed by atoms with Crippen molar-refractivity contribution in [2.45, 2.75) is 44.6 Å². The molecule has 0 saturated carbocycles. The third-order valence-electron chi connectivity index (χ3n) is 4.99. The molecule has 0 unspecified atom stereocenters. The molecule has 1 amide bonds. The summed E-state index contributed by atoms with van der Waals surface area (Å²) in [5.74, 6) is -0.924. The summed E-state index contributed by atoms with van der Waals surface area (Å²) in [6.45, 7) is 2.26. The van der Waals surface area contributed by atoms with Crippen molar-refractivity contribution in [3.8, 4) is 11.1 Å². The van der Waals surface area contributed by atoms with E-state index in [-0.39, 0.29) is 18.9 Å². The van der Waals surface area contributed by atoms with E-state index in [4.69, 9.17) is 9.84 Å². The van der Waals surface area contributed by atoms with Gasteiger partial charge in [0.25, 0.3) is 0 Å². The zero-order valence-electron chi connectivity index (χ0n) is 15.5. The number of carbonyl (C=O) groups is 2. The van der Waals surface area contributed by atoms with E-state index in [1.54, 1.807) is 0 Å². The Kier molecular flexibility index (Phi) is 6.12. The Morgan fingerprint density at radius 3 is 2.22 bits per heavy atom. The second-order valence-electron chi connectivity index (χ2n) is 6.91. The Morgan fingerprint density at radius 2 is 1.67 bits per heavy atom. The molecule has 0 fully saturated rings. The number of hydrogen-bond acceptors (Lipinski definition) is 3. The van der Waals surface area contributed by atoms with E-state index >= 15 is 0 Å². The van der Waals surface area contributed by atoms with Gasteiger partial charge in [-0.1, -0.05) is 68.3 Å². The van der Waals surface area contributed by atoms with Crippen LogP contribution in [-0.2, 0) is 9.53 Å². The highest BCUT2D eigenvalue weighted by atomic mass is 16.5. The van der Waals surface area contributed by atoms with Gasteiger partial charge in [-0.05, 0) is 28.7 Å². The van der Waals surface area contributed by atoms with Crippen molar-refractivity contribution >= 4 is 12.1 Å². The van der Waals surface area contributed by atoms with Crippen LogP contribution in [0.25, 0.3) is 11.1 Å². The number of ether oxygens (including phenoxy) is 1. The van der Waals surface area contributed by atoms with Crippen LogP contribution in [0.15, 0.2) is 48.5 Å². The van der Waals surface area contributed by atoms with Crippen LogP contribution in [0.5, 0.6) is 0 Å². The van der Waals surface area contributed by atoms with Gasteiger partial charge in [-0.25, -0.2) is 4.79 Å². The van der Waals surface area contributed by atoms with E-state index < -0.39 is 18.1 Å². The Bertz CT molecular complexity index is 772. The molecule has 2 N–H and O–H groups in total. The topological polar surface area (TPSA) is 75.6 Å².